The molecule has 6 nitrogen and oxygen atoms in total. The van der Waals surface area contributed by atoms with Crippen LogP contribution in [0.15, 0.2) is 42.5 Å². The average Bonchev–Trinajstić information content (AvgIpc) is 3.07. The molecule has 152 valence electrons. The third-order valence-electron chi connectivity index (χ3n) is 4.97. The minimum absolute atomic E-state index is 0.0903. The first-order chi connectivity index (χ1) is 13.9. The third kappa shape index (κ3) is 5.22. The van der Waals surface area contributed by atoms with Crippen molar-refractivity contribution in [3.63, 3.8) is 0 Å². The van der Waals surface area contributed by atoms with Crippen LogP contribution in [0.3, 0.4) is 0 Å². The highest BCUT2D eigenvalue weighted by Gasteiger charge is 2.36. The number of hydrogen-bond donors (Lipinski definition) is 1. The molecule has 1 atom stereocenters. The van der Waals surface area contributed by atoms with Gasteiger partial charge in [-0.3, -0.25) is 14.4 Å². The van der Waals surface area contributed by atoms with Crippen molar-refractivity contribution >= 4 is 29.2 Å². The van der Waals surface area contributed by atoms with E-state index in [2.05, 4.69) is 12.2 Å². The molecule has 0 aromatic heterocycles. The molecule has 0 spiro atoms. The summed E-state index contributed by atoms with van der Waals surface area (Å²) in [5.74, 6) is -1.61. The fraction of sp³-hybridized carbons (Fsp3) is 0.348. The molecule has 1 aliphatic heterocycles. The van der Waals surface area contributed by atoms with E-state index in [0.29, 0.717) is 5.69 Å². The molecule has 1 heterocycles. The summed E-state index contributed by atoms with van der Waals surface area (Å²) in [5, 5.41) is 2.73. The molecule has 0 unspecified atom stereocenters. The van der Waals surface area contributed by atoms with Gasteiger partial charge in [-0.2, -0.15) is 0 Å². The summed E-state index contributed by atoms with van der Waals surface area (Å²) in [5.41, 5.74) is 4.70. The normalized spacial score (nSPS) is 16.0. The molecule has 2 aromatic rings. The second kappa shape index (κ2) is 8.90. The zero-order valence-electron chi connectivity index (χ0n) is 17.0. The SMILES string of the molecule is CCc1ccc(N2C[C@H](C(=O)OCC(=O)Nc3cc(C)cc(C)c3)CC2=O)cc1. The van der Waals surface area contributed by atoms with Gasteiger partial charge in [0.25, 0.3) is 5.91 Å². The molecular weight excluding hydrogens is 368 g/mol. The maximum absolute atomic E-state index is 12.4. The lowest BCUT2D eigenvalue weighted by atomic mass is 10.1. The number of nitrogens with zero attached hydrogens (tertiary/aromatic N) is 1. The van der Waals surface area contributed by atoms with Crippen molar-refractivity contribution in [2.45, 2.75) is 33.6 Å². The summed E-state index contributed by atoms with van der Waals surface area (Å²) in [6, 6.07) is 13.4. The molecule has 3 rings (SSSR count). The topological polar surface area (TPSA) is 75.7 Å². The zero-order chi connectivity index (χ0) is 21.0. The Bertz CT molecular complexity index is 901. The van der Waals surface area contributed by atoms with E-state index < -0.39 is 17.8 Å². The van der Waals surface area contributed by atoms with Crippen molar-refractivity contribution in [3.05, 3.63) is 59.2 Å². The van der Waals surface area contributed by atoms with Crippen LogP contribution in [-0.4, -0.2) is 30.9 Å². The molecule has 0 radical (unpaired) electrons. The Kier molecular flexibility index (Phi) is 6.32. The Balaban J connectivity index is 1.52. The highest BCUT2D eigenvalue weighted by molar-refractivity contribution is 6.00. The quantitative estimate of drug-likeness (QED) is 0.762. The van der Waals surface area contributed by atoms with Crippen LogP contribution in [0.1, 0.15) is 30.0 Å². The zero-order valence-corrected chi connectivity index (χ0v) is 17.0. The van der Waals surface area contributed by atoms with Gasteiger partial charge < -0.3 is 15.0 Å². The van der Waals surface area contributed by atoms with Gasteiger partial charge in [-0.05, 0) is 61.2 Å². The van der Waals surface area contributed by atoms with Gasteiger partial charge in [0.15, 0.2) is 6.61 Å². The van der Waals surface area contributed by atoms with Gasteiger partial charge in [0.2, 0.25) is 5.91 Å². The highest BCUT2D eigenvalue weighted by Crippen LogP contribution is 2.26. The fourth-order valence-electron chi connectivity index (χ4n) is 3.53. The number of esters is 1. The smallest absolute Gasteiger partial charge is 0.311 e. The molecular formula is C23H26N2O4. The molecule has 29 heavy (non-hydrogen) atoms. The van der Waals surface area contributed by atoms with E-state index in [1.165, 1.54) is 5.56 Å². The van der Waals surface area contributed by atoms with E-state index in [1.54, 1.807) is 4.90 Å². The van der Waals surface area contributed by atoms with Crippen LogP contribution < -0.4 is 10.2 Å². The Labute approximate surface area is 170 Å². The fourth-order valence-corrected chi connectivity index (χ4v) is 3.53. The first-order valence-corrected chi connectivity index (χ1v) is 9.79. The molecule has 0 saturated carbocycles. The first-order valence-electron chi connectivity index (χ1n) is 9.79. The predicted octanol–water partition coefficient (Wildman–Crippen LogP) is 3.40. The molecule has 1 N–H and O–H groups in total. The van der Waals surface area contributed by atoms with Crippen molar-refractivity contribution in [1.29, 1.82) is 0 Å². The molecule has 2 amide bonds. The van der Waals surface area contributed by atoms with Crippen LogP contribution in [0.25, 0.3) is 0 Å². The maximum Gasteiger partial charge on any atom is 0.311 e. The van der Waals surface area contributed by atoms with Crippen molar-refractivity contribution in [2.24, 2.45) is 5.92 Å². The summed E-state index contributed by atoms with van der Waals surface area (Å²) in [6.45, 7) is 5.85. The number of carbonyl (C=O) groups excluding carboxylic acids is 3. The summed E-state index contributed by atoms with van der Waals surface area (Å²) in [7, 11) is 0. The van der Waals surface area contributed by atoms with Crippen LogP contribution in [-0.2, 0) is 25.5 Å². The predicted molar refractivity (Wildman–Crippen MR) is 112 cm³/mol. The van der Waals surface area contributed by atoms with Gasteiger partial charge in [0.1, 0.15) is 0 Å². The van der Waals surface area contributed by atoms with E-state index in [-0.39, 0.29) is 25.5 Å². The van der Waals surface area contributed by atoms with E-state index in [4.69, 9.17) is 4.74 Å². The van der Waals surface area contributed by atoms with E-state index in [0.717, 1.165) is 23.2 Å². The summed E-state index contributed by atoms with van der Waals surface area (Å²) in [4.78, 5) is 38.4. The van der Waals surface area contributed by atoms with Gasteiger partial charge >= 0.3 is 5.97 Å². The number of amides is 2. The third-order valence-corrected chi connectivity index (χ3v) is 4.97. The lowest BCUT2D eigenvalue weighted by Gasteiger charge is -2.17. The van der Waals surface area contributed by atoms with E-state index in [1.807, 2.05) is 56.3 Å². The molecule has 6 heteroatoms. The van der Waals surface area contributed by atoms with Crippen LogP contribution in [0.2, 0.25) is 0 Å². The van der Waals surface area contributed by atoms with Crippen molar-refractivity contribution < 1.29 is 19.1 Å². The number of ether oxygens (including phenoxy) is 1. The van der Waals surface area contributed by atoms with E-state index in [9.17, 15) is 14.4 Å². The number of nitrogens with one attached hydrogen (secondary N) is 1. The Morgan fingerprint density at radius 3 is 2.38 bits per heavy atom. The lowest BCUT2D eigenvalue weighted by Crippen LogP contribution is -2.28. The number of hydrogen-bond acceptors (Lipinski definition) is 4. The Hall–Kier alpha value is -3.15. The Morgan fingerprint density at radius 1 is 1.10 bits per heavy atom. The maximum atomic E-state index is 12.4. The highest BCUT2D eigenvalue weighted by atomic mass is 16.5. The molecule has 0 bridgehead atoms. The van der Waals surface area contributed by atoms with Gasteiger partial charge in [0.05, 0.1) is 5.92 Å². The average molecular weight is 394 g/mol. The van der Waals surface area contributed by atoms with Crippen molar-refractivity contribution in [2.75, 3.05) is 23.4 Å². The molecule has 1 fully saturated rings. The largest absolute Gasteiger partial charge is 0.455 e. The second-order valence-electron chi connectivity index (χ2n) is 7.46. The van der Waals surface area contributed by atoms with Gasteiger partial charge in [-0.1, -0.05) is 25.1 Å². The number of anilines is 2. The van der Waals surface area contributed by atoms with Crippen LogP contribution in [0, 0.1) is 19.8 Å². The standard InChI is InChI=1S/C23H26N2O4/c1-4-17-5-7-20(8-6-17)25-13-18(12-22(25)27)23(28)29-14-21(26)24-19-10-15(2)9-16(3)11-19/h5-11,18H,4,12-14H2,1-3H3,(H,24,26)/t18-/m1/s1. The summed E-state index contributed by atoms with van der Waals surface area (Å²) in [6.07, 6.45) is 1.01. The molecule has 1 saturated heterocycles. The molecule has 0 aliphatic carbocycles. The molecule has 1 aliphatic rings. The van der Waals surface area contributed by atoms with Gasteiger partial charge in [-0.25, -0.2) is 0 Å². The van der Waals surface area contributed by atoms with Crippen LogP contribution in [0.5, 0.6) is 0 Å². The van der Waals surface area contributed by atoms with Gasteiger partial charge in [-0.15, -0.1) is 0 Å². The lowest BCUT2D eigenvalue weighted by molar-refractivity contribution is -0.151. The minimum atomic E-state index is -0.567. The number of carbonyl (C=O) groups is 3. The summed E-state index contributed by atoms with van der Waals surface area (Å²) < 4.78 is 5.16. The second-order valence-corrected chi connectivity index (χ2v) is 7.46. The van der Waals surface area contributed by atoms with Crippen molar-refractivity contribution in [1.82, 2.24) is 0 Å². The monoisotopic (exact) mass is 394 g/mol. The number of benzene rings is 2. The summed E-state index contributed by atoms with van der Waals surface area (Å²) >= 11 is 0. The van der Waals surface area contributed by atoms with Crippen LogP contribution >= 0.6 is 0 Å². The van der Waals surface area contributed by atoms with Crippen molar-refractivity contribution in [3.8, 4) is 0 Å². The Morgan fingerprint density at radius 2 is 1.76 bits per heavy atom. The van der Waals surface area contributed by atoms with Crippen LogP contribution in [0.4, 0.5) is 11.4 Å². The number of aryl methyl sites for hydroxylation is 3. The minimum Gasteiger partial charge on any atom is -0.455 e. The first kappa shape index (κ1) is 20.6. The van der Waals surface area contributed by atoms with E-state index >= 15 is 0 Å². The van der Waals surface area contributed by atoms with Gasteiger partial charge in [0, 0.05) is 24.3 Å². The number of rotatable bonds is 6. The molecule has 2 aromatic carbocycles.